The van der Waals surface area contributed by atoms with Crippen molar-refractivity contribution in [3.63, 3.8) is 0 Å². The third-order valence-electron chi connectivity index (χ3n) is 8.55. The van der Waals surface area contributed by atoms with Crippen molar-refractivity contribution in [2.45, 2.75) is 89.9 Å². The van der Waals surface area contributed by atoms with Crippen LogP contribution in [0.15, 0.2) is 24.3 Å². The number of aromatic nitrogens is 1. The van der Waals surface area contributed by atoms with Crippen LogP contribution in [0.1, 0.15) is 82.8 Å². The summed E-state index contributed by atoms with van der Waals surface area (Å²) in [4.78, 5) is 22.1. The zero-order valence-electron chi connectivity index (χ0n) is 26.3. The second-order valence-corrected chi connectivity index (χ2v) is 15.3. The fourth-order valence-corrected chi connectivity index (χ4v) is 6.65. The highest BCUT2D eigenvalue weighted by Gasteiger charge is 2.37. The molecule has 4 N–H and O–H groups in total. The predicted octanol–water partition coefficient (Wildman–Crippen LogP) is 4.80. The van der Waals surface area contributed by atoms with Crippen LogP contribution in [0.4, 0.5) is 10.6 Å². The molecule has 0 radical (unpaired) electrons. The van der Waals surface area contributed by atoms with E-state index in [9.17, 15) is 18.3 Å². The van der Waals surface area contributed by atoms with Crippen molar-refractivity contribution in [2.24, 2.45) is 5.92 Å². The SMILES string of the molecule is CC(C)(C)OC(=O)N1CCCCC1N1CCCC(c2cc(-c3c(O)cccc3OCC3CC3)nc(N)c2CNS(C)(=O)=O)C1. The van der Waals surface area contributed by atoms with Crippen LogP contribution in [-0.4, -0.2) is 78.7 Å². The lowest BCUT2D eigenvalue weighted by molar-refractivity contribution is -0.0314. The summed E-state index contributed by atoms with van der Waals surface area (Å²) in [5.74, 6) is 1.30. The molecule has 0 bridgehead atoms. The Morgan fingerprint density at radius 1 is 1.14 bits per heavy atom. The van der Waals surface area contributed by atoms with Crippen molar-refractivity contribution in [1.29, 1.82) is 0 Å². The summed E-state index contributed by atoms with van der Waals surface area (Å²) in [6.45, 7) is 8.36. The first-order valence-corrected chi connectivity index (χ1v) is 17.6. The number of nitrogens with two attached hydrogens (primary N) is 1. The number of benzene rings is 1. The van der Waals surface area contributed by atoms with E-state index < -0.39 is 15.6 Å². The largest absolute Gasteiger partial charge is 0.507 e. The Kier molecular flexibility index (Phi) is 9.62. The highest BCUT2D eigenvalue weighted by Crippen LogP contribution is 2.42. The third-order valence-corrected chi connectivity index (χ3v) is 9.22. The summed E-state index contributed by atoms with van der Waals surface area (Å²) in [5.41, 5.74) is 8.44. The molecule has 2 aromatic rings. The number of nitrogen functional groups attached to an aromatic ring is 1. The van der Waals surface area contributed by atoms with Gasteiger partial charge in [-0.05, 0) is 101 Å². The molecule has 44 heavy (non-hydrogen) atoms. The van der Waals surface area contributed by atoms with E-state index in [4.69, 9.17) is 15.2 Å². The van der Waals surface area contributed by atoms with Crippen LogP contribution in [0.2, 0.25) is 0 Å². The number of nitrogens with zero attached hydrogens (tertiary/aromatic N) is 3. The van der Waals surface area contributed by atoms with Gasteiger partial charge in [-0.15, -0.1) is 0 Å². The first-order valence-electron chi connectivity index (χ1n) is 15.7. The number of likely N-dealkylation sites (tertiary alicyclic amines) is 2. The van der Waals surface area contributed by atoms with Crippen LogP contribution in [0.5, 0.6) is 11.5 Å². The minimum Gasteiger partial charge on any atom is -0.507 e. The Morgan fingerprint density at radius 3 is 2.61 bits per heavy atom. The predicted molar refractivity (Wildman–Crippen MR) is 170 cm³/mol. The molecule has 11 nitrogen and oxygen atoms in total. The van der Waals surface area contributed by atoms with Crippen molar-refractivity contribution in [3.05, 3.63) is 35.4 Å². The van der Waals surface area contributed by atoms with Crippen LogP contribution in [0.25, 0.3) is 11.3 Å². The molecule has 3 fully saturated rings. The average molecular weight is 630 g/mol. The van der Waals surface area contributed by atoms with Gasteiger partial charge in [0.2, 0.25) is 10.0 Å². The number of sulfonamides is 1. The minimum atomic E-state index is -3.49. The number of rotatable bonds is 9. The zero-order chi connectivity index (χ0) is 31.6. The van der Waals surface area contributed by atoms with Crippen molar-refractivity contribution < 1.29 is 27.8 Å². The van der Waals surface area contributed by atoms with E-state index in [0.29, 0.717) is 48.2 Å². The van der Waals surface area contributed by atoms with Crippen LogP contribution < -0.4 is 15.2 Å². The number of pyridine rings is 1. The number of anilines is 1. The zero-order valence-corrected chi connectivity index (χ0v) is 27.2. The molecule has 1 aliphatic carbocycles. The molecule has 1 aromatic carbocycles. The molecule has 1 saturated carbocycles. The Hall–Kier alpha value is -3.09. The first-order chi connectivity index (χ1) is 20.8. The quantitative estimate of drug-likeness (QED) is 0.356. The summed E-state index contributed by atoms with van der Waals surface area (Å²) in [6.07, 6.45) is 7.58. The van der Waals surface area contributed by atoms with Crippen molar-refractivity contribution in [3.8, 4) is 22.8 Å². The monoisotopic (exact) mass is 629 g/mol. The third kappa shape index (κ3) is 8.13. The van der Waals surface area contributed by atoms with Crippen molar-refractivity contribution in [1.82, 2.24) is 19.5 Å². The average Bonchev–Trinajstić information content (AvgIpc) is 3.78. The molecular formula is C32H47N5O6S. The molecule has 2 unspecified atom stereocenters. The number of piperidine rings is 2. The number of phenols is 1. The van der Waals surface area contributed by atoms with Crippen molar-refractivity contribution in [2.75, 3.05) is 38.2 Å². The maximum Gasteiger partial charge on any atom is 0.411 e. The Morgan fingerprint density at radius 2 is 1.91 bits per heavy atom. The van der Waals surface area contributed by atoms with Gasteiger partial charge in [0, 0.05) is 31.7 Å². The number of amides is 1. The summed E-state index contributed by atoms with van der Waals surface area (Å²) >= 11 is 0. The van der Waals surface area contributed by atoms with Gasteiger partial charge in [-0.3, -0.25) is 9.80 Å². The highest BCUT2D eigenvalue weighted by atomic mass is 32.2. The highest BCUT2D eigenvalue weighted by molar-refractivity contribution is 7.88. The van der Waals surface area contributed by atoms with E-state index in [0.717, 1.165) is 63.3 Å². The normalized spacial score (nSPS) is 21.7. The summed E-state index contributed by atoms with van der Waals surface area (Å²) in [5, 5.41) is 11.0. The number of carbonyl (C=O) groups excluding carboxylic acids is 1. The summed E-state index contributed by atoms with van der Waals surface area (Å²) < 4.78 is 38.7. The van der Waals surface area contributed by atoms with Gasteiger partial charge < -0.3 is 20.3 Å². The van der Waals surface area contributed by atoms with Gasteiger partial charge in [-0.25, -0.2) is 22.9 Å². The molecule has 12 heteroatoms. The number of hydrogen-bond acceptors (Lipinski definition) is 9. The van der Waals surface area contributed by atoms with E-state index in [1.165, 1.54) is 0 Å². The standard InChI is InChI=1S/C32H47N5O6S/c1-32(2,3)43-31(39)37-16-6-5-12-28(37)36-15-8-9-22(19-36)23-17-25(35-30(33)24(23)18-34-44(4,40)41)29-26(38)10-7-11-27(29)42-20-21-13-14-21/h7,10-11,17,21-22,28,34,38H,5-6,8-9,12-16,18-20H2,1-4H3,(H2,33,35). The summed E-state index contributed by atoms with van der Waals surface area (Å²) in [7, 11) is -3.49. The van der Waals surface area contributed by atoms with Gasteiger partial charge in [0.25, 0.3) is 0 Å². The number of nitrogens with one attached hydrogen (secondary N) is 1. The topological polar surface area (TPSA) is 147 Å². The molecule has 2 atom stereocenters. The number of ether oxygens (including phenoxy) is 2. The lowest BCUT2D eigenvalue weighted by atomic mass is 9.86. The molecule has 0 spiro atoms. The van der Waals surface area contributed by atoms with Crippen LogP contribution in [0, 0.1) is 5.92 Å². The lowest BCUT2D eigenvalue weighted by Gasteiger charge is -2.46. The first kappa shape index (κ1) is 32.3. The Labute approximate surface area is 261 Å². The molecule has 2 saturated heterocycles. The molecule has 3 heterocycles. The number of hydrogen-bond donors (Lipinski definition) is 3. The van der Waals surface area contributed by atoms with Crippen LogP contribution in [0.3, 0.4) is 0 Å². The van der Waals surface area contributed by atoms with Gasteiger partial charge in [0.1, 0.15) is 22.9 Å². The van der Waals surface area contributed by atoms with Crippen LogP contribution in [-0.2, 0) is 21.3 Å². The maximum absolute atomic E-state index is 13.2. The van der Waals surface area contributed by atoms with Crippen LogP contribution >= 0.6 is 0 Å². The van der Waals surface area contributed by atoms with E-state index in [-0.39, 0.29) is 36.3 Å². The van der Waals surface area contributed by atoms with Gasteiger partial charge in [-0.1, -0.05) is 6.07 Å². The van der Waals surface area contributed by atoms with Gasteiger partial charge in [0.15, 0.2) is 0 Å². The van der Waals surface area contributed by atoms with Gasteiger partial charge in [-0.2, -0.15) is 0 Å². The smallest absolute Gasteiger partial charge is 0.411 e. The number of aromatic hydroxyl groups is 1. The molecular weight excluding hydrogens is 582 g/mol. The van der Waals surface area contributed by atoms with Crippen molar-refractivity contribution >= 4 is 21.9 Å². The minimum absolute atomic E-state index is 0.00303. The maximum atomic E-state index is 13.2. The molecule has 1 amide bonds. The molecule has 242 valence electrons. The van der Waals surface area contributed by atoms with E-state index >= 15 is 0 Å². The summed E-state index contributed by atoms with van der Waals surface area (Å²) in [6, 6.07) is 7.10. The number of carbonyl (C=O) groups is 1. The van der Waals surface area contributed by atoms with E-state index in [2.05, 4.69) is 14.6 Å². The fourth-order valence-electron chi connectivity index (χ4n) is 6.25. The molecule has 5 rings (SSSR count). The molecule has 3 aliphatic rings. The molecule has 2 aliphatic heterocycles. The number of phenolic OH excluding ortho intramolecular Hbond substituents is 1. The van der Waals surface area contributed by atoms with E-state index in [1.54, 1.807) is 12.1 Å². The fraction of sp³-hybridized carbons (Fsp3) is 0.625. The molecule has 1 aromatic heterocycles. The van der Waals surface area contributed by atoms with E-state index in [1.807, 2.05) is 37.8 Å². The lowest BCUT2D eigenvalue weighted by Crippen LogP contribution is -2.56. The van der Waals surface area contributed by atoms with Gasteiger partial charge in [0.05, 0.1) is 30.3 Å². The second kappa shape index (κ2) is 13.1. The Bertz CT molecular complexity index is 1460. The Balaban J connectivity index is 1.49. The second-order valence-electron chi connectivity index (χ2n) is 13.4. The van der Waals surface area contributed by atoms with Gasteiger partial charge >= 0.3 is 6.09 Å².